The summed E-state index contributed by atoms with van der Waals surface area (Å²) >= 11 is 0. The Morgan fingerprint density at radius 1 is 1.16 bits per heavy atom. The molecule has 0 heterocycles. The molecule has 0 aliphatic heterocycles. The van der Waals surface area contributed by atoms with Crippen molar-refractivity contribution < 1.29 is 0 Å². The van der Waals surface area contributed by atoms with E-state index in [4.69, 9.17) is 5.26 Å². The number of benzene rings is 1. The standard InChI is InChI=1S/C16H25N3/c1-2-7-16(14-17)19-12-6-11-18-13-10-15-8-4-3-5-9-15/h3-5,8-9,16,18-19H,2,6-7,10-13H2,1H3. The zero-order valence-corrected chi connectivity index (χ0v) is 11.9. The molecule has 0 saturated carbocycles. The summed E-state index contributed by atoms with van der Waals surface area (Å²) in [4.78, 5) is 0. The van der Waals surface area contributed by atoms with Gasteiger partial charge in [0.25, 0.3) is 0 Å². The van der Waals surface area contributed by atoms with Crippen LogP contribution in [0, 0.1) is 11.3 Å². The predicted molar refractivity (Wildman–Crippen MR) is 79.9 cm³/mol. The van der Waals surface area contributed by atoms with Crippen molar-refractivity contribution in [1.82, 2.24) is 10.6 Å². The molecular weight excluding hydrogens is 234 g/mol. The third-order valence-corrected chi connectivity index (χ3v) is 3.09. The molecule has 0 aliphatic carbocycles. The molecule has 3 nitrogen and oxygen atoms in total. The van der Waals surface area contributed by atoms with Crippen LogP contribution < -0.4 is 10.6 Å². The van der Waals surface area contributed by atoms with Crippen molar-refractivity contribution in [2.24, 2.45) is 0 Å². The number of hydrogen-bond donors (Lipinski definition) is 2. The van der Waals surface area contributed by atoms with Crippen LogP contribution in [0.4, 0.5) is 0 Å². The van der Waals surface area contributed by atoms with Crippen LogP contribution in [0.5, 0.6) is 0 Å². The molecule has 0 radical (unpaired) electrons. The van der Waals surface area contributed by atoms with Crippen molar-refractivity contribution >= 4 is 0 Å². The van der Waals surface area contributed by atoms with E-state index in [1.165, 1.54) is 5.56 Å². The largest absolute Gasteiger partial charge is 0.316 e. The number of nitrogens with one attached hydrogen (secondary N) is 2. The van der Waals surface area contributed by atoms with Gasteiger partial charge in [-0.1, -0.05) is 43.7 Å². The Hall–Kier alpha value is -1.37. The molecule has 1 rings (SSSR count). The van der Waals surface area contributed by atoms with Gasteiger partial charge in [-0.05, 0) is 44.5 Å². The van der Waals surface area contributed by atoms with Gasteiger partial charge in [0, 0.05) is 0 Å². The zero-order valence-electron chi connectivity index (χ0n) is 11.9. The van der Waals surface area contributed by atoms with E-state index in [1.54, 1.807) is 0 Å². The molecule has 0 aliphatic rings. The lowest BCUT2D eigenvalue weighted by Crippen LogP contribution is -2.30. The van der Waals surface area contributed by atoms with Gasteiger partial charge in [-0.15, -0.1) is 0 Å². The molecule has 1 atom stereocenters. The zero-order chi connectivity index (χ0) is 13.8. The summed E-state index contributed by atoms with van der Waals surface area (Å²) in [5, 5.41) is 15.6. The van der Waals surface area contributed by atoms with Crippen LogP contribution in [0.1, 0.15) is 31.7 Å². The molecule has 0 bridgehead atoms. The Balaban J connectivity index is 1.95. The fourth-order valence-corrected chi connectivity index (χ4v) is 1.99. The summed E-state index contributed by atoms with van der Waals surface area (Å²) in [5.41, 5.74) is 1.38. The Morgan fingerprint density at radius 3 is 2.63 bits per heavy atom. The molecule has 1 unspecified atom stereocenters. The van der Waals surface area contributed by atoms with E-state index in [-0.39, 0.29) is 6.04 Å². The minimum atomic E-state index is 0.0225. The van der Waals surface area contributed by atoms with Gasteiger partial charge < -0.3 is 10.6 Å². The van der Waals surface area contributed by atoms with Gasteiger partial charge in [0.1, 0.15) is 0 Å². The van der Waals surface area contributed by atoms with Crippen LogP contribution in [-0.2, 0) is 6.42 Å². The van der Waals surface area contributed by atoms with Crippen LogP contribution in [0.3, 0.4) is 0 Å². The lowest BCUT2D eigenvalue weighted by Gasteiger charge is -2.10. The first-order valence-corrected chi connectivity index (χ1v) is 7.24. The summed E-state index contributed by atoms with van der Waals surface area (Å²) in [6, 6.07) is 12.8. The molecule has 1 aromatic rings. The fourth-order valence-electron chi connectivity index (χ4n) is 1.99. The van der Waals surface area contributed by atoms with Crippen molar-refractivity contribution in [3.8, 4) is 6.07 Å². The SMILES string of the molecule is CCCC(C#N)NCCCNCCc1ccccc1. The van der Waals surface area contributed by atoms with E-state index in [9.17, 15) is 0 Å². The maximum Gasteiger partial charge on any atom is 0.0952 e. The van der Waals surface area contributed by atoms with E-state index in [0.717, 1.165) is 45.3 Å². The van der Waals surface area contributed by atoms with Crippen LogP contribution in [0.25, 0.3) is 0 Å². The molecule has 104 valence electrons. The molecular formula is C16H25N3. The third kappa shape index (κ3) is 7.61. The number of nitriles is 1. The normalized spacial score (nSPS) is 12.0. The Morgan fingerprint density at radius 2 is 1.95 bits per heavy atom. The van der Waals surface area contributed by atoms with Crippen LogP contribution in [0.15, 0.2) is 30.3 Å². The Bertz CT molecular complexity index is 356. The highest BCUT2D eigenvalue weighted by molar-refractivity contribution is 5.14. The van der Waals surface area contributed by atoms with Gasteiger partial charge in [-0.2, -0.15) is 5.26 Å². The fraction of sp³-hybridized carbons (Fsp3) is 0.562. The molecule has 0 fully saturated rings. The summed E-state index contributed by atoms with van der Waals surface area (Å²) in [6.45, 7) is 5.04. The molecule has 0 amide bonds. The maximum atomic E-state index is 8.90. The van der Waals surface area contributed by atoms with Crippen molar-refractivity contribution in [3.63, 3.8) is 0 Å². The van der Waals surface area contributed by atoms with Gasteiger partial charge in [0.2, 0.25) is 0 Å². The van der Waals surface area contributed by atoms with Gasteiger partial charge >= 0.3 is 0 Å². The molecule has 3 heteroatoms. The molecule has 0 spiro atoms. The number of nitrogens with zero attached hydrogens (tertiary/aromatic N) is 1. The second-order valence-corrected chi connectivity index (χ2v) is 4.76. The molecule has 1 aromatic carbocycles. The van der Waals surface area contributed by atoms with Crippen LogP contribution in [0.2, 0.25) is 0 Å². The van der Waals surface area contributed by atoms with Crippen LogP contribution >= 0.6 is 0 Å². The van der Waals surface area contributed by atoms with Crippen molar-refractivity contribution in [2.45, 2.75) is 38.6 Å². The highest BCUT2D eigenvalue weighted by Crippen LogP contribution is 1.98. The summed E-state index contributed by atoms with van der Waals surface area (Å²) < 4.78 is 0. The van der Waals surface area contributed by atoms with Crippen molar-refractivity contribution in [1.29, 1.82) is 5.26 Å². The van der Waals surface area contributed by atoms with E-state index < -0.39 is 0 Å². The van der Waals surface area contributed by atoms with Gasteiger partial charge in [-0.3, -0.25) is 0 Å². The first-order chi connectivity index (χ1) is 9.36. The van der Waals surface area contributed by atoms with Gasteiger partial charge in [0.05, 0.1) is 12.1 Å². The number of rotatable bonds is 10. The Labute approximate surface area is 117 Å². The second-order valence-electron chi connectivity index (χ2n) is 4.76. The van der Waals surface area contributed by atoms with Gasteiger partial charge in [0.15, 0.2) is 0 Å². The van der Waals surface area contributed by atoms with E-state index in [0.29, 0.717) is 0 Å². The lowest BCUT2D eigenvalue weighted by molar-refractivity contribution is 0.531. The number of hydrogen-bond acceptors (Lipinski definition) is 3. The van der Waals surface area contributed by atoms with E-state index in [2.05, 4.69) is 47.9 Å². The van der Waals surface area contributed by atoms with Crippen molar-refractivity contribution in [2.75, 3.05) is 19.6 Å². The highest BCUT2D eigenvalue weighted by atomic mass is 14.9. The first-order valence-electron chi connectivity index (χ1n) is 7.24. The quantitative estimate of drug-likeness (QED) is 0.635. The third-order valence-electron chi connectivity index (χ3n) is 3.09. The smallest absolute Gasteiger partial charge is 0.0952 e. The predicted octanol–water partition coefficient (Wildman–Crippen LogP) is 2.49. The van der Waals surface area contributed by atoms with E-state index in [1.807, 2.05) is 6.07 Å². The second kappa shape index (κ2) is 10.5. The topological polar surface area (TPSA) is 47.9 Å². The summed E-state index contributed by atoms with van der Waals surface area (Å²) in [7, 11) is 0. The highest BCUT2D eigenvalue weighted by Gasteiger charge is 2.03. The molecule has 0 aromatic heterocycles. The minimum Gasteiger partial charge on any atom is -0.316 e. The Kier molecular flexibility index (Phi) is 8.70. The van der Waals surface area contributed by atoms with Crippen LogP contribution in [-0.4, -0.2) is 25.7 Å². The lowest BCUT2D eigenvalue weighted by atomic mass is 10.1. The maximum absolute atomic E-state index is 8.90. The molecule has 0 saturated heterocycles. The monoisotopic (exact) mass is 259 g/mol. The van der Waals surface area contributed by atoms with Gasteiger partial charge in [-0.25, -0.2) is 0 Å². The average molecular weight is 259 g/mol. The average Bonchev–Trinajstić information content (AvgIpc) is 2.46. The summed E-state index contributed by atoms with van der Waals surface area (Å²) in [6.07, 6.45) is 4.14. The molecule has 19 heavy (non-hydrogen) atoms. The molecule has 2 N–H and O–H groups in total. The summed E-state index contributed by atoms with van der Waals surface area (Å²) in [5.74, 6) is 0. The van der Waals surface area contributed by atoms with E-state index >= 15 is 0 Å². The van der Waals surface area contributed by atoms with Crippen molar-refractivity contribution in [3.05, 3.63) is 35.9 Å². The minimum absolute atomic E-state index is 0.0225. The first kappa shape index (κ1) is 15.7.